The number of H-pyrrole nitrogens is 1. The van der Waals surface area contributed by atoms with Crippen molar-refractivity contribution >= 4 is 22.7 Å². The lowest BCUT2D eigenvalue weighted by atomic mass is 10.1. The van der Waals surface area contributed by atoms with Crippen molar-refractivity contribution in [2.75, 3.05) is 6.54 Å². The molecule has 3 N–H and O–H groups in total. The van der Waals surface area contributed by atoms with E-state index in [2.05, 4.69) is 26.7 Å². The number of aromatic nitrogens is 2. The maximum Gasteiger partial charge on any atom is 0.270 e. The van der Waals surface area contributed by atoms with Crippen LogP contribution in [-0.4, -0.2) is 28.3 Å². The summed E-state index contributed by atoms with van der Waals surface area (Å²) in [5.74, 6) is -0.540. The van der Waals surface area contributed by atoms with Crippen LogP contribution in [0.15, 0.2) is 79.1 Å². The van der Waals surface area contributed by atoms with Crippen molar-refractivity contribution < 1.29 is 9.59 Å². The zero-order chi connectivity index (χ0) is 20.8. The maximum atomic E-state index is 12.5. The number of benzene rings is 2. The summed E-state index contributed by atoms with van der Waals surface area (Å²) in [5.41, 5.74) is 3.86. The minimum atomic E-state index is -0.313. The summed E-state index contributed by atoms with van der Waals surface area (Å²) in [5, 5.41) is 6.90. The molecule has 0 aliphatic carbocycles. The van der Waals surface area contributed by atoms with E-state index in [0.717, 1.165) is 22.0 Å². The largest absolute Gasteiger partial charge is 0.361 e. The number of hydrogen-bond donors (Lipinski definition) is 3. The molecule has 0 saturated carbocycles. The molecule has 2 heterocycles. The molecule has 0 fully saturated rings. The van der Waals surface area contributed by atoms with Gasteiger partial charge in [-0.1, -0.05) is 48.5 Å². The molecule has 6 nitrogen and oxygen atoms in total. The number of aromatic amines is 1. The Morgan fingerprint density at radius 1 is 0.900 bits per heavy atom. The summed E-state index contributed by atoms with van der Waals surface area (Å²) in [7, 11) is 0. The fourth-order valence-electron chi connectivity index (χ4n) is 3.32. The van der Waals surface area contributed by atoms with Gasteiger partial charge in [-0.25, -0.2) is 0 Å². The molecule has 0 saturated heterocycles. The van der Waals surface area contributed by atoms with Gasteiger partial charge in [0, 0.05) is 41.9 Å². The Balaban J connectivity index is 1.33. The van der Waals surface area contributed by atoms with Crippen LogP contribution in [0.3, 0.4) is 0 Å². The predicted molar refractivity (Wildman–Crippen MR) is 116 cm³/mol. The van der Waals surface area contributed by atoms with Crippen molar-refractivity contribution in [2.24, 2.45) is 0 Å². The molecule has 30 heavy (non-hydrogen) atoms. The first kappa shape index (κ1) is 19.4. The Bertz CT molecular complexity index is 1170. The molecule has 4 rings (SSSR count). The van der Waals surface area contributed by atoms with Crippen LogP contribution in [0, 0.1) is 0 Å². The van der Waals surface area contributed by atoms with E-state index >= 15 is 0 Å². The Morgan fingerprint density at radius 2 is 1.70 bits per heavy atom. The Morgan fingerprint density at radius 3 is 2.57 bits per heavy atom. The van der Waals surface area contributed by atoms with Gasteiger partial charge in [-0.2, -0.15) is 0 Å². The van der Waals surface area contributed by atoms with E-state index in [4.69, 9.17) is 0 Å². The Labute approximate surface area is 174 Å². The molecule has 2 amide bonds. The fraction of sp³-hybridized carbons (Fsp3) is 0.125. The van der Waals surface area contributed by atoms with Crippen LogP contribution in [0.4, 0.5) is 0 Å². The lowest BCUT2D eigenvalue weighted by Crippen LogP contribution is -2.27. The van der Waals surface area contributed by atoms with Crippen molar-refractivity contribution in [3.8, 4) is 0 Å². The number of pyridine rings is 1. The van der Waals surface area contributed by atoms with Crippen LogP contribution in [-0.2, 0) is 13.0 Å². The van der Waals surface area contributed by atoms with Gasteiger partial charge in [0.15, 0.2) is 0 Å². The molecular formula is C24H22N4O2. The molecule has 2 aromatic heterocycles. The van der Waals surface area contributed by atoms with E-state index in [1.165, 1.54) is 12.3 Å². The van der Waals surface area contributed by atoms with Crippen molar-refractivity contribution in [2.45, 2.75) is 13.0 Å². The predicted octanol–water partition coefficient (Wildman–Crippen LogP) is 3.47. The van der Waals surface area contributed by atoms with Gasteiger partial charge < -0.3 is 15.6 Å². The zero-order valence-electron chi connectivity index (χ0n) is 16.4. The zero-order valence-corrected chi connectivity index (χ0v) is 16.4. The lowest BCUT2D eigenvalue weighted by molar-refractivity contribution is 0.0946. The quantitative estimate of drug-likeness (QED) is 0.446. The van der Waals surface area contributed by atoms with Gasteiger partial charge in [-0.3, -0.25) is 14.6 Å². The third-order valence-electron chi connectivity index (χ3n) is 4.91. The fourth-order valence-corrected chi connectivity index (χ4v) is 3.32. The van der Waals surface area contributed by atoms with Crippen LogP contribution in [0.25, 0.3) is 10.9 Å². The van der Waals surface area contributed by atoms with Gasteiger partial charge in [0.1, 0.15) is 5.69 Å². The van der Waals surface area contributed by atoms with Gasteiger partial charge in [0.2, 0.25) is 0 Å². The molecule has 0 radical (unpaired) electrons. The summed E-state index contributed by atoms with van der Waals surface area (Å²) in [4.78, 5) is 32.2. The molecule has 0 unspecified atom stereocenters. The lowest BCUT2D eigenvalue weighted by Gasteiger charge is -2.08. The molecule has 0 spiro atoms. The summed E-state index contributed by atoms with van der Waals surface area (Å²) < 4.78 is 0. The molecule has 0 bridgehead atoms. The average Bonchev–Trinajstić information content (AvgIpc) is 3.21. The highest BCUT2D eigenvalue weighted by molar-refractivity contribution is 5.98. The number of amides is 2. The van der Waals surface area contributed by atoms with Crippen LogP contribution < -0.4 is 10.6 Å². The number of rotatable bonds is 7. The van der Waals surface area contributed by atoms with Gasteiger partial charge in [-0.15, -0.1) is 0 Å². The highest BCUT2D eigenvalue weighted by atomic mass is 16.2. The van der Waals surface area contributed by atoms with E-state index in [1.807, 2.05) is 54.7 Å². The second-order valence-corrected chi connectivity index (χ2v) is 6.96. The molecule has 2 aromatic carbocycles. The molecule has 4 aromatic rings. The summed E-state index contributed by atoms with van der Waals surface area (Å²) in [6.07, 6.45) is 4.16. The van der Waals surface area contributed by atoms with Crippen molar-refractivity contribution in [1.29, 1.82) is 0 Å². The SMILES string of the molecule is O=C(NCCc1c[nH]c2ccccc12)c1ccnc(C(=O)NCc2ccccc2)c1. The highest BCUT2D eigenvalue weighted by Gasteiger charge is 2.12. The number of carbonyl (C=O) groups excluding carboxylic acids is 2. The number of hydrogen-bond acceptors (Lipinski definition) is 3. The average molecular weight is 398 g/mol. The number of nitrogens with one attached hydrogen (secondary N) is 3. The van der Waals surface area contributed by atoms with E-state index < -0.39 is 0 Å². The molecule has 0 aliphatic heterocycles. The first-order chi connectivity index (χ1) is 14.7. The minimum Gasteiger partial charge on any atom is -0.361 e. The third-order valence-corrected chi connectivity index (χ3v) is 4.91. The standard InChI is InChI=1S/C24H22N4O2/c29-23(26-13-11-19-16-27-21-9-5-4-8-20(19)21)18-10-12-25-22(14-18)24(30)28-15-17-6-2-1-3-7-17/h1-10,12,14,16,27H,11,13,15H2,(H,26,29)(H,28,30). The number of carbonyl (C=O) groups is 2. The number of para-hydroxylation sites is 1. The van der Waals surface area contributed by atoms with Gasteiger partial charge in [0.25, 0.3) is 11.8 Å². The number of nitrogens with zero attached hydrogens (tertiary/aromatic N) is 1. The summed E-state index contributed by atoms with van der Waals surface area (Å²) in [6.45, 7) is 0.904. The monoisotopic (exact) mass is 398 g/mol. The van der Waals surface area contributed by atoms with E-state index in [9.17, 15) is 9.59 Å². The van der Waals surface area contributed by atoms with Gasteiger partial charge in [0.05, 0.1) is 0 Å². The van der Waals surface area contributed by atoms with Crippen LogP contribution in [0.5, 0.6) is 0 Å². The van der Waals surface area contributed by atoms with Gasteiger partial charge >= 0.3 is 0 Å². The normalized spacial score (nSPS) is 10.7. The summed E-state index contributed by atoms with van der Waals surface area (Å²) in [6, 6.07) is 20.8. The molecule has 0 atom stereocenters. The summed E-state index contributed by atoms with van der Waals surface area (Å²) >= 11 is 0. The van der Waals surface area contributed by atoms with Crippen LogP contribution in [0.1, 0.15) is 32.0 Å². The van der Waals surface area contributed by atoms with Crippen LogP contribution >= 0.6 is 0 Å². The highest BCUT2D eigenvalue weighted by Crippen LogP contribution is 2.17. The number of fused-ring (bicyclic) bond motifs is 1. The molecule has 150 valence electrons. The van der Waals surface area contributed by atoms with E-state index in [-0.39, 0.29) is 17.5 Å². The first-order valence-corrected chi connectivity index (χ1v) is 9.82. The minimum absolute atomic E-state index is 0.218. The topological polar surface area (TPSA) is 86.9 Å². The molecule has 0 aliphatic rings. The van der Waals surface area contributed by atoms with Gasteiger partial charge in [-0.05, 0) is 35.7 Å². The Kier molecular flexibility index (Phi) is 5.85. The smallest absolute Gasteiger partial charge is 0.270 e. The maximum absolute atomic E-state index is 12.5. The Hall–Kier alpha value is -3.93. The second kappa shape index (κ2) is 9.05. The van der Waals surface area contributed by atoms with Crippen molar-refractivity contribution in [1.82, 2.24) is 20.6 Å². The van der Waals surface area contributed by atoms with Crippen molar-refractivity contribution in [3.05, 3.63) is 102 Å². The first-order valence-electron chi connectivity index (χ1n) is 9.82. The second-order valence-electron chi connectivity index (χ2n) is 6.96. The molecular weight excluding hydrogens is 376 g/mol. The van der Waals surface area contributed by atoms with Crippen molar-refractivity contribution in [3.63, 3.8) is 0 Å². The van der Waals surface area contributed by atoms with E-state index in [1.54, 1.807) is 6.07 Å². The van der Waals surface area contributed by atoms with E-state index in [0.29, 0.717) is 25.1 Å². The molecule has 6 heteroatoms. The third kappa shape index (κ3) is 4.55. The van der Waals surface area contributed by atoms with Crippen LogP contribution in [0.2, 0.25) is 0 Å².